The molecule has 0 aromatic heterocycles. The summed E-state index contributed by atoms with van der Waals surface area (Å²) in [5.74, 6) is -0.662. The van der Waals surface area contributed by atoms with Crippen molar-refractivity contribution in [1.82, 2.24) is 10.2 Å². The van der Waals surface area contributed by atoms with Gasteiger partial charge in [-0.15, -0.1) is 0 Å². The standard InChI is InChI=1S/C30H36ClN3O5S/c1-6-22(3)32-30(36)23(4)33(19-24-10-8-7-9-11-24)29(35)20-34(27-18-25(31)14-17-28(27)39-5)40(37,38)26-15-12-21(2)13-16-26/h7-18,22-23H,6,19-20H2,1-5H3,(H,32,36)/t22-,23+/m1/s1. The van der Waals surface area contributed by atoms with Crippen LogP contribution < -0.4 is 14.4 Å². The number of rotatable bonds is 12. The number of ether oxygens (including phenoxy) is 1. The van der Waals surface area contributed by atoms with Crippen LogP contribution in [0.5, 0.6) is 5.75 Å². The third kappa shape index (κ3) is 7.55. The van der Waals surface area contributed by atoms with Crippen molar-refractivity contribution in [1.29, 1.82) is 0 Å². The van der Waals surface area contributed by atoms with Crippen LogP contribution in [0.3, 0.4) is 0 Å². The monoisotopic (exact) mass is 585 g/mol. The molecule has 214 valence electrons. The summed E-state index contributed by atoms with van der Waals surface area (Å²) in [6.07, 6.45) is 0.724. The average Bonchev–Trinajstić information content (AvgIpc) is 2.94. The summed E-state index contributed by atoms with van der Waals surface area (Å²) in [6, 6.07) is 19.2. The van der Waals surface area contributed by atoms with Crippen LogP contribution in [0, 0.1) is 6.92 Å². The van der Waals surface area contributed by atoms with Gasteiger partial charge in [-0.05, 0) is 63.1 Å². The highest BCUT2D eigenvalue weighted by atomic mass is 35.5. The summed E-state index contributed by atoms with van der Waals surface area (Å²) in [4.78, 5) is 28.5. The van der Waals surface area contributed by atoms with Crippen LogP contribution in [0.25, 0.3) is 0 Å². The number of anilines is 1. The molecule has 0 aliphatic rings. The van der Waals surface area contributed by atoms with Crippen molar-refractivity contribution >= 4 is 39.1 Å². The van der Waals surface area contributed by atoms with Gasteiger partial charge in [-0.25, -0.2) is 8.42 Å². The minimum absolute atomic E-state index is 0.00472. The second-order valence-electron chi connectivity index (χ2n) is 9.64. The minimum Gasteiger partial charge on any atom is -0.495 e. The number of aryl methyl sites for hydroxylation is 1. The first-order chi connectivity index (χ1) is 19.0. The fourth-order valence-electron chi connectivity index (χ4n) is 4.04. The van der Waals surface area contributed by atoms with E-state index in [9.17, 15) is 18.0 Å². The lowest BCUT2D eigenvalue weighted by Gasteiger charge is -2.32. The Labute approximate surface area is 241 Å². The van der Waals surface area contributed by atoms with Crippen LogP contribution in [0.2, 0.25) is 5.02 Å². The van der Waals surface area contributed by atoms with Gasteiger partial charge in [0, 0.05) is 17.6 Å². The summed E-state index contributed by atoms with van der Waals surface area (Å²) < 4.78 is 34.5. The summed E-state index contributed by atoms with van der Waals surface area (Å²) in [7, 11) is -2.83. The molecule has 0 aliphatic heterocycles. The van der Waals surface area contributed by atoms with Crippen LogP contribution >= 0.6 is 11.6 Å². The Bertz CT molecular complexity index is 1420. The van der Waals surface area contributed by atoms with E-state index in [2.05, 4.69) is 5.32 Å². The SMILES string of the molecule is CC[C@@H](C)NC(=O)[C@H](C)N(Cc1ccccc1)C(=O)CN(c1cc(Cl)ccc1OC)S(=O)(=O)c1ccc(C)cc1. The zero-order chi connectivity index (χ0) is 29.4. The van der Waals surface area contributed by atoms with Crippen molar-refractivity contribution in [2.24, 2.45) is 0 Å². The van der Waals surface area contributed by atoms with Gasteiger partial charge in [0.05, 0.1) is 17.7 Å². The molecule has 2 amide bonds. The number of benzene rings is 3. The first-order valence-corrected chi connectivity index (χ1v) is 14.9. The van der Waals surface area contributed by atoms with Gasteiger partial charge < -0.3 is 15.0 Å². The van der Waals surface area contributed by atoms with Gasteiger partial charge in [0.15, 0.2) is 0 Å². The number of sulfonamides is 1. The topological polar surface area (TPSA) is 96.0 Å². The molecule has 3 aromatic rings. The first kappa shape index (κ1) is 31.0. The number of carbonyl (C=O) groups excluding carboxylic acids is 2. The highest BCUT2D eigenvalue weighted by molar-refractivity contribution is 7.92. The fourth-order valence-corrected chi connectivity index (χ4v) is 5.62. The Hall–Kier alpha value is -3.56. The summed E-state index contributed by atoms with van der Waals surface area (Å²) in [5, 5.41) is 3.19. The maximum absolute atomic E-state index is 14.0. The van der Waals surface area contributed by atoms with Crippen molar-refractivity contribution in [3.63, 3.8) is 0 Å². The number of amides is 2. The Balaban J connectivity index is 2.08. The first-order valence-electron chi connectivity index (χ1n) is 13.0. The molecule has 0 aliphatic carbocycles. The predicted molar refractivity (Wildman–Crippen MR) is 158 cm³/mol. The van der Waals surface area contributed by atoms with E-state index in [4.69, 9.17) is 16.3 Å². The Morgan fingerprint density at radius 1 is 1.00 bits per heavy atom. The quantitative estimate of drug-likeness (QED) is 0.316. The smallest absolute Gasteiger partial charge is 0.264 e. The molecule has 0 saturated carbocycles. The lowest BCUT2D eigenvalue weighted by Crippen LogP contribution is -2.52. The van der Waals surface area contributed by atoms with Gasteiger partial charge in [-0.2, -0.15) is 0 Å². The van der Waals surface area contributed by atoms with Gasteiger partial charge in [-0.3, -0.25) is 13.9 Å². The van der Waals surface area contributed by atoms with Gasteiger partial charge in [0.25, 0.3) is 10.0 Å². The van der Waals surface area contributed by atoms with Crippen molar-refractivity contribution < 1.29 is 22.7 Å². The van der Waals surface area contributed by atoms with E-state index in [1.807, 2.05) is 51.1 Å². The van der Waals surface area contributed by atoms with E-state index in [1.165, 1.54) is 30.2 Å². The van der Waals surface area contributed by atoms with Crippen LogP contribution in [0.1, 0.15) is 38.3 Å². The molecule has 3 aromatic carbocycles. The highest BCUT2D eigenvalue weighted by Crippen LogP contribution is 2.35. The third-order valence-corrected chi connectivity index (χ3v) is 8.67. The van der Waals surface area contributed by atoms with Crippen molar-refractivity contribution in [2.45, 2.75) is 57.6 Å². The molecule has 0 saturated heterocycles. The van der Waals surface area contributed by atoms with Gasteiger partial charge >= 0.3 is 0 Å². The van der Waals surface area contributed by atoms with E-state index in [0.717, 1.165) is 21.9 Å². The fraction of sp³-hybridized carbons (Fsp3) is 0.333. The van der Waals surface area contributed by atoms with E-state index < -0.39 is 28.5 Å². The molecule has 0 heterocycles. The van der Waals surface area contributed by atoms with Crippen LogP contribution in [0.15, 0.2) is 77.7 Å². The minimum atomic E-state index is -4.24. The molecule has 10 heteroatoms. The van der Waals surface area contributed by atoms with E-state index in [-0.39, 0.29) is 39.8 Å². The maximum Gasteiger partial charge on any atom is 0.264 e. The zero-order valence-corrected chi connectivity index (χ0v) is 25.0. The number of halogens is 1. The largest absolute Gasteiger partial charge is 0.495 e. The van der Waals surface area contributed by atoms with Crippen LogP contribution in [0.4, 0.5) is 5.69 Å². The normalized spacial score (nSPS) is 12.8. The van der Waals surface area contributed by atoms with Crippen molar-refractivity contribution in [3.8, 4) is 5.75 Å². The molecule has 8 nitrogen and oxygen atoms in total. The number of nitrogens with zero attached hydrogens (tertiary/aromatic N) is 2. The molecule has 1 N–H and O–H groups in total. The maximum atomic E-state index is 14.0. The highest BCUT2D eigenvalue weighted by Gasteiger charge is 2.34. The van der Waals surface area contributed by atoms with Gasteiger partial charge in [0.2, 0.25) is 11.8 Å². The predicted octanol–water partition coefficient (Wildman–Crippen LogP) is 5.18. The van der Waals surface area contributed by atoms with Crippen molar-refractivity contribution in [2.75, 3.05) is 18.0 Å². The zero-order valence-electron chi connectivity index (χ0n) is 23.4. The molecular formula is C30H36ClN3O5S. The third-order valence-electron chi connectivity index (χ3n) is 6.66. The van der Waals surface area contributed by atoms with E-state index in [1.54, 1.807) is 31.2 Å². The average molecular weight is 586 g/mol. The number of hydrogen-bond donors (Lipinski definition) is 1. The van der Waals surface area contributed by atoms with Crippen molar-refractivity contribution in [3.05, 3.63) is 88.9 Å². The number of hydrogen-bond acceptors (Lipinski definition) is 5. The molecule has 3 rings (SSSR count). The van der Waals surface area contributed by atoms with Crippen LogP contribution in [-0.2, 0) is 26.2 Å². The Morgan fingerprint density at radius 2 is 1.65 bits per heavy atom. The van der Waals surface area contributed by atoms with Gasteiger partial charge in [-0.1, -0.05) is 66.6 Å². The molecule has 40 heavy (non-hydrogen) atoms. The molecule has 0 fully saturated rings. The molecule has 0 bridgehead atoms. The lowest BCUT2D eigenvalue weighted by molar-refractivity contribution is -0.139. The molecule has 0 unspecified atom stereocenters. The molecule has 0 radical (unpaired) electrons. The number of carbonyl (C=O) groups is 2. The summed E-state index contributed by atoms with van der Waals surface area (Å²) in [6.45, 7) is 6.85. The van der Waals surface area contributed by atoms with Gasteiger partial charge in [0.1, 0.15) is 18.3 Å². The second-order valence-corrected chi connectivity index (χ2v) is 11.9. The Kier molecular flexibility index (Phi) is 10.6. The Morgan fingerprint density at radius 3 is 2.25 bits per heavy atom. The van der Waals surface area contributed by atoms with E-state index in [0.29, 0.717) is 0 Å². The van der Waals surface area contributed by atoms with Crippen LogP contribution in [-0.4, -0.2) is 50.9 Å². The number of nitrogens with one attached hydrogen (secondary N) is 1. The molecular weight excluding hydrogens is 550 g/mol. The summed E-state index contributed by atoms with van der Waals surface area (Å²) in [5.41, 5.74) is 1.80. The molecule has 0 spiro atoms. The summed E-state index contributed by atoms with van der Waals surface area (Å²) >= 11 is 6.27. The van der Waals surface area contributed by atoms with E-state index >= 15 is 0 Å². The molecule has 2 atom stereocenters. The lowest BCUT2D eigenvalue weighted by atomic mass is 10.1. The second kappa shape index (κ2) is 13.7. The number of methoxy groups -OCH3 is 1.